The van der Waals surface area contributed by atoms with Crippen molar-refractivity contribution in [3.05, 3.63) is 45.4 Å². The molecule has 1 aliphatic rings. The summed E-state index contributed by atoms with van der Waals surface area (Å²) in [6.07, 6.45) is 2.38. The number of thiophene rings is 1. The van der Waals surface area contributed by atoms with Crippen LogP contribution in [0.1, 0.15) is 27.8 Å². The van der Waals surface area contributed by atoms with E-state index in [2.05, 4.69) is 36.8 Å². The van der Waals surface area contributed by atoms with Crippen LogP contribution in [0.3, 0.4) is 0 Å². The van der Waals surface area contributed by atoms with E-state index in [1.54, 1.807) is 11.3 Å². The highest BCUT2D eigenvalue weighted by Gasteiger charge is 2.16. The highest BCUT2D eigenvalue weighted by atomic mass is 32.1. The zero-order valence-electron chi connectivity index (χ0n) is 13.7. The van der Waals surface area contributed by atoms with Crippen molar-refractivity contribution < 1.29 is 4.52 Å². The van der Waals surface area contributed by atoms with Crippen LogP contribution in [0.25, 0.3) is 0 Å². The molecule has 4 rings (SSSR count). The average Bonchev–Trinajstić information content (AvgIpc) is 3.21. The first kappa shape index (κ1) is 16.0. The van der Waals surface area contributed by atoms with Crippen LogP contribution in [0, 0.1) is 0 Å². The van der Waals surface area contributed by atoms with E-state index in [1.165, 1.54) is 4.88 Å². The third-order valence-electron chi connectivity index (χ3n) is 4.03. The normalized spacial score (nSPS) is 14.1. The van der Waals surface area contributed by atoms with E-state index in [-0.39, 0.29) is 5.95 Å². The molecule has 0 aromatic carbocycles. The Kier molecular flexibility index (Phi) is 4.57. The number of nitrogen functional groups attached to an aromatic ring is 1. The number of fused-ring (bicyclic) bond motifs is 1. The lowest BCUT2D eigenvalue weighted by atomic mass is 10.1. The molecule has 130 valence electrons. The molecule has 0 spiro atoms. The highest BCUT2D eigenvalue weighted by molar-refractivity contribution is 7.09. The summed E-state index contributed by atoms with van der Waals surface area (Å²) in [5.74, 6) is 2.26. The van der Waals surface area contributed by atoms with Gasteiger partial charge in [0, 0.05) is 23.4 Å². The molecule has 25 heavy (non-hydrogen) atoms. The fraction of sp³-hybridized carbons (Fsp3) is 0.375. The van der Waals surface area contributed by atoms with Crippen molar-refractivity contribution in [3.8, 4) is 0 Å². The van der Waals surface area contributed by atoms with Gasteiger partial charge in [-0.05, 0) is 24.4 Å². The van der Waals surface area contributed by atoms with Crippen LogP contribution in [0.15, 0.2) is 22.0 Å². The van der Waals surface area contributed by atoms with Crippen molar-refractivity contribution in [2.75, 3.05) is 24.1 Å². The summed E-state index contributed by atoms with van der Waals surface area (Å²) in [5, 5.41) is 12.7. The number of aromatic nitrogens is 4. The van der Waals surface area contributed by atoms with Crippen LogP contribution in [0.4, 0.5) is 11.8 Å². The zero-order chi connectivity index (χ0) is 17.1. The molecule has 9 heteroatoms. The maximum Gasteiger partial charge on any atom is 0.231 e. The van der Waals surface area contributed by atoms with E-state index in [1.807, 2.05) is 11.4 Å². The minimum absolute atomic E-state index is 0.287. The predicted molar refractivity (Wildman–Crippen MR) is 95.5 cm³/mol. The van der Waals surface area contributed by atoms with Gasteiger partial charge in [-0.3, -0.25) is 0 Å². The van der Waals surface area contributed by atoms with Gasteiger partial charge < -0.3 is 20.9 Å². The monoisotopic (exact) mass is 357 g/mol. The van der Waals surface area contributed by atoms with Gasteiger partial charge in [0.1, 0.15) is 5.82 Å². The molecule has 0 aliphatic carbocycles. The lowest BCUT2D eigenvalue weighted by Gasteiger charge is -2.12. The molecule has 0 unspecified atom stereocenters. The summed E-state index contributed by atoms with van der Waals surface area (Å²) in [5.41, 5.74) is 7.97. The van der Waals surface area contributed by atoms with Crippen LogP contribution in [-0.4, -0.2) is 33.2 Å². The third-order valence-corrected chi connectivity index (χ3v) is 4.91. The van der Waals surface area contributed by atoms with Gasteiger partial charge in [-0.25, -0.2) is 4.98 Å². The van der Waals surface area contributed by atoms with Gasteiger partial charge in [-0.15, -0.1) is 11.3 Å². The number of nitrogens with two attached hydrogens (primary N) is 1. The van der Waals surface area contributed by atoms with E-state index in [9.17, 15) is 0 Å². The SMILES string of the molecule is Nc1nc2c(c(NCc3noc(Cc4cccs4)n3)n1)CCNCC2. The fourth-order valence-corrected chi connectivity index (χ4v) is 3.56. The molecule has 0 bridgehead atoms. The Morgan fingerprint density at radius 2 is 2.16 bits per heavy atom. The molecule has 3 aromatic heterocycles. The van der Waals surface area contributed by atoms with E-state index >= 15 is 0 Å². The summed E-state index contributed by atoms with van der Waals surface area (Å²) in [6, 6.07) is 4.07. The summed E-state index contributed by atoms with van der Waals surface area (Å²) < 4.78 is 5.32. The molecule has 3 aromatic rings. The van der Waals surface area contributed by atoms with Crippen molar-refractivity contribution in [3.63, 3.8) is 0 Å². The topological polar surface area (TPSA) is 115 Å². The maximum absolute atomic E-state index is 5.85. The number of hydrogen-bond acceptors (Lipinski definition) is 9. The second-order valence-electron chi connectivity index (χ2n) is 5.82. The second kappa shape index (κ2) is 7.16. The third kappa shape index (κ3) is 3.77. The molecule has 0 atom stereocenters. The molecular formula is C16H19N7OS. The number of hydrogen-bond donors (Lipinski definition) is 3. The van der Waals surface area contributed by atoms with Gasteiger partial charge in [0.05, 0.1) is 18.7 Å². The molecule has 0 amide bonds. The van der Waals surface area contributed by atoms with Crippen molar-refractivity contribution in [2.45, 2.75) is 25.8 Å². The summed E-state index contributed by atoms with van der Waals surface area (Å²) >= 11 is 1.68. The fourth-order valence-electron chi connectivity index (χ4n) is 2.87. The van der Waals surface area contributed by atoms with Crippen molar-refractivity contribution in [1.82, 2.24) is 25.4 Å². The van der Waals surface area contributed by atoms with Crippen molar-refractivity contribution in [2.24, 2.45) is 0 Å². The van der Waals surface area contributed by atoms with E-state index in [4.69, 9.17) is 10.3 Å². The van der Waals surface area contributed by atoms with Gasteiger partial charge in [0.2, 0.25) is 11.8 Å². The van der Waals surface area contributed by atoms with Gasteiger partial charge >= 0.3 is 0 Å². The highest BCUT2D eigenvalue weighted by Crippen LogP contribution is 2.21. The minimum atomic E-state index is 0.287. The average molecular weight is 357 g/mol. The zero-order valence-corrected chi connectivity index (χ0v) is 14.5. The maximum atomic E-state index is 5.85. The Morgan fingerprint density at radius 3 is 3.04 bits per heavy atom. The minimum Gasteiger partial charge on any atom is -0.368 e. The van der Waals surface area contributed by atoms with Crippen LogP contribution in [0.2, 0.25) is 0 Å². The molecule has 0 saturated carbocycles. The molecule has 4 heterocycles. The molecule has 8 nitrogen and oxygen atoms in total. The Balaban J connectivity index is 1.46. The Labute approximate surface area is 148 Å². The Bertz CT molecular complexity index is 846. The second-order valence-corrected chi connectivity index (χ2v) is 6.85. The van der Waals surface area contributed by atoms with Gasteiger partial charge in [0.25, 0.3) is 0 Å². The van der Waals surface area contributed by atoms with Gasteiger partial charge in [-0.2, -0.15) is 9.97 Å². The Hall–Kier alpha value is -2.52. The van der Waals surface area contributed by atoms with Gasteiger partial charge in [-0.1, -0.05) is 11.2 Å². The largest absolute Gasteiger partial charge is 0.368 e. The van der Waals surface area contributed by atoms with Crippen molar-refractivity contribution >= 4 is 23.1 Å². The lowest BCUT2D eigenvalue weighted by Crippen LogP contribution is -2.16. The van der Waals surface area contributed by atoms with Gasteiger partial charge in [0.15, 0.2) is 5.82 Å². The number of nitrogens with zero attached hydrogens (tertiary/aromatic N) is 4. The molecule has 1 aliphatic heterocycles. The van der Waals surface area contributed by atoms with Crippen LogP contribution >= 0.6 is 11.3 Å². The summed E-state index contributed by atoms with van der Waals surface area (Å²) in [6.45, 7) is 2.24. The van der Waals surface area contributed by atoms with Crippen LogP contribution < -0.4 is 16.4 Å². The van der Waals surface area contributed by atoms with E-state index in [0.717, 1.165) is 43.0 Å². The van der Waals surface area contributed by atoms with Crippen LogP contribution in [-0.2, 0) is 25.8 Å². The van der Waals surface area contributed by atoms with Crippen LogP contribution in [0.5, 0.6) is 0 Å². The molecule has 0 saturated heterocycles. The number of anilines is 2. The summed E-state index contributed by atoms with van der Waals surface area (Å²) in [4.78, 5) is 14.4. The van der Waals surface area contributed by atoms with Crippen molar-refractivity contribution in [1.29, 1.82) is 0 Å². The molecule has 4 N–H and O–H groups in total. The quantitative estimate of drug-likeness (QED) is 0.628. The van der Waals surface area contributed by atoms with E-state index in [0.29, 0.717) is 24.7 Å². The molecular weight excluding hydrogens is 338 g/mol. The predicted octanol–water partition coefficient (Wildman–Crippen LogP) is 1.39. The first-order valence-corrected chi connectivity index (χ1v) is 9.09. The molecule has 0 radical (unpaired) electrons. The number of nitrogens with one attached hydrogen (secondary N) is 2. The standard InChI is InChI=1S/C16H19N7OS/c17-16-20-12-4-6-18-5-3-11(12)15(22-16)19-9-13-21-14(24-23-13)8-10-2-1-7-25-10/h1-2,7,18H,3-6,8-9H2,(H3,17,19,20,22). The first-order chi connectivity index (χ1) is 12.3. The Morgan fingerprint density at radius 1 is 1.24 bits per heavy atom. The first-order valence-electron chi connectivity index (χ1n) is 8.21. The number of rotatable bonds is 5. The van der Waals surface area contributed by atoms with E-state index < -0.39 is 0 Å². The summed E-state index contributed by atoms with van der Waals surface area (Å²) in [7, 11) is 0. The smallest absolute Gasteiger partial charge is 0.231 e. The molecule has 0 fully saturated rings. The lowest BCUT2D eigenvalue weighted by molar-refractivity contribution is 0.380.